The lowest BCUT2D eigenvalue weighted by Crippen LogP contribution is -2.30. The molecule has 3 unspecified atom stereocenters. The highest BCUT2D eigenvalue weighted by Crippen LogP contribution is 2.43. The number of hydrogen-bond donors (Lipinski definition) is 2. The zero-order valence-electron chi connectivity index (χ0n) is 48.6. The summed E-state index contributed by atoms with van der Waals surface area (Å²) in [4.78, 5) is 48.6. The lowest BCUT2D eigenvalue weighted by Gasteiger charge is -2.21. The second kappa shape index (κ2) is 58.5. The molecular formula is C66H105O11P. The molecule has 0 aliphatic carbocycles. The molecule has 2 N–H and O–H groups in total. The summed E-state index contributed by atoms with van der Waals surface area (Å²) < 4.78 is 39.5. The molecule has 78 heavy (non-hydrogen) atoms. The van der Waals surface area contributed by atoms with Gasteiger partial charge in [-0.1, -0.05) is 205 Å². The number of carbonyl (C=O) groups excluding carboxylic acids is 3. The molecule has 0 heterocycles. The summed E-state index contributed by atoms with van der Waals surface area (Å²) in [5.74, 6) is -1.57. The van der Waals surface area contributed by atoms with Crippen LogP contribution in [0.2, 0.25) is 0 Å². The Morgan fingerprint density at radius 2 is 0.667 bits per heavy atom. The number of unbranched alkanes of at least 4 members (excludes halogenated alkanes) is 12. The van der Waals surface area contributed by atoms with Crippen molar-refractivity contribution < 1.29 is 52.2 Å². The van der Waals surface area contributed by atoms with Gasteiger partial charge >= 0.3 is 25.7 Å². The van der Waals surface area contributed by atoms with Crippen molar-refractivity contribution in [3.8, 4) is 0 Å². The van der Waals surface area contributed by atoms with Crippen LogP contribution in [-0.2, 0) is 42.2 Å². The fraction of sp³-hybridized carbons (Fsp3) is 0.591. The molecule has 0 radical (unpaired) electrons. The third-order valence-corrected chi connectivity index (χ3v) is 12.7. The number of rotatable bonds is 53. The molecule has 0 aromatic heterocycles. The van der Waals surface area contributed by atoms with Crippen molar-refractivity contribution in [2.45, 2.75) is 226 Å². The third-order valence-electron chi connectivity index (χ3n) is 11.7. The maximum atomic E-state index is 12.9. The maximum absolute atomic E-state index is 12.9. The van der Waals surface area contributed by atoms with Gasteiger partial charge in [0.05, 0.1) is 19.8 Å². The van der Waals surface area contributed by atoms with E-state index >= 15 is 0 Å². The van der Waals surface area contributed by atoms with Crippen molar-refractivity contribution in [1.82, 2.24) is 0 Å². The predicted octanol–water partition coefficient (Wildman–Crippen LogP) is 17.9. The van der Waals surface area contributed by atoms with Gasteiger partial charge in [-0.05, 0) is 135 Å². The molecule has 0 bridgehead atoms. The second-order valence-electron chi connectivity index (χ2n) is 19.0. The van der Waals surface area contributed by atoms with Gasteiger partial charge in [-0.25, -0.2) is 4.57 Å². The molecule has 0 aromatic carbocycles. The summed E-state index contributed by atoms with van der Waals surface area (Å²) in [7, 11) is -4.78. The Morgan fingerprint density at radius 3 is 1.04 bits per heavy atom. The standard InChI is InChI=1S/C66H105O11P/c1-4-7-10-13-16-19-22-25-27-29-31-33-35-38-40-43-46-49-52-55-64(68)73-59-63(77-66(70)57-54-51-48-45-42-39-36-34-32-30-28-26-23-20-17-14-11-8-5-2)61-75-78(71,72)74-60-62(58-67)76-65(69)56-53-50-47-44-41-37-24-21-18-15-12-9-6-3/h7-8,10-12,15-17,19-21,24-28,31-34,38-40,42,62-63,67H,4-6,9,13-14,18,22-23,29-30,35-37,41,43-61H2,1-3H3,(H,71,72)/b10-7-,11-8-,15-12-,19-16-,20-17-,24-21-,27-25-,28-26-,33-31-,34-32-,40-38-,42-39-. The van der Waals surface area contributed by atoms with Crippen LogP contribution in [0.5, 0.6) is 0 Å². The summed E-state index contributed by atoms with van der Waals surface area (Å²) >= 11 is 0. The fourth-order valence-electron chi connectivity index (χ4n) is 7.27. The molecule has 3 atom stereocenters. The van der Waals surface area contributed by atoms with Gasteiger partial charge in [-0.3, -0.25) is 23.4 Å². The van der Waals surface area contributed by atoms with Gasteiger partial charge in [0.1, 0.15) is 12.7 Å². The number of carbonyl (C=O) groups is 3. The van der Waals surface area contributed by atoms with Crippen LogP contribution in [0.1, 0.15) is 213 Å². The predicted molar refractivity (Wildman–Crippen MR) is 325 cm³/mol. The molecule has 0 saturated carbocycles. The second-order valence-corrected chi connectivity index (χ2v) is 20.5. The average molecular weight is 1110 g/mol. The molecule has 0 amide bonds. The van der Waals surface area contributed by atoms with E-state index in [-0.39, 0.29) is 25.9 Å². The Kier molecular flexibility index (Phi) is 55.0. The van der Waals surface area contributed by atoms with Gasteiger partial charge in [0.25, 0.3) is 0 Å². The summed E-state index contributed by atoms with van der Waals surface area (Å²) in [6, 6.07) is 0. The number of allylic oxidation sites excluding steroid dienone is 24. The third kappa shape index (κ3) is 56.1. The lowest BCUT2D eigenvalue weighted by atomic mass is 10.1. The van der Waals surface area contributed by atoms with Crippen LogP contribution < -0.4 is 0 Å². The van der Waals surface area contributed by atoms with Gasteiger partial charge in [0.2, 0.25) is 0 Å². The Balaban J connectivity index is 4.89. The van der Waals surface area contributed by atoms with Crippen molar-refractivity contribution in [2.24, 2.45) is 0 Å². The molecule has 440 valence electrons. The highest BCUT2D eigenvalue weighted by Gasteiger charge is 2.28. The number of phosphoric ester groups is 1. The van der Waals surface area contributed by atoms with Gasteiger partial charge < -0.3 is 24.2 Å². The van der Waals surface area contributed by atoms with E-state index in [1.54, 1.807) is 0 Å². The number of phosphoric acid groups is 1. The first-order chi connectivity index (χ1) is 38.2. The first-order valence-corrected chi connectivity index (χ1v) is 31.2. The van der Waals surface area contributed by atoms with Crippen LogP contribution >= 0.6 is 7.82 Å². The zero-order valence-corrected chi connectivity index (χ0v) is 49.5. The Morgan fingerprint density at radius 1 is 0.372 bits per heavy atom. The van der Waals surface area contributed by atoms with E-state index in [1.807, 2.05) is 0 Å². The van der Waals surface area contributed by atoms with Crippen molar-refractivity contribution in [3.63, 3.8) is 0 Å². The van der Waals surface area contributed by atoms with E-state index in [1.165, 1.54) is 0 Å². The van der Waals surface area contributed by atoms with E-state index in [0.29, 0.717) is 19.3 Å². The molecule has 0 spiro atoms. The Labute approximate surface area is 473 Å². The van der Waals surface area contributed by atoms with Crippen molar-refractivity contribution in [2.75, 3.05) is 26.4 Å². The minimum absolute atomic E-state index is 0.111. The van der Waals surface area contributed by atoms with Crippen LogP contribution in [-0.4, -0.2) is 66.5 Å². The molecule has 11 nitrogen and oxygen atoms in total. The molecule has 0 fully saturated rings. The Bertz CT molecular complexity index is 1860. The lowest BCUT2D eigenvalue weighted by molar-refractivity contribution is -0.161. The molecule has 0 aliphatic rings. The largest absolute Gasteiger partial charge is 0.472 e. The molecular weight excluding hydrogens is 1000 g/mol. The van der Waals surface area contributed by atoms with Crippen molar-refractivity contribution >= 4 is 25.7 Å². The smallest absolute Gasteiger partial charge is 0.462 e. The van der Waals surface area contributed by atoms with Gasteiger partial charge in [-0.2, -0.15) is 0 Å². The number of aliphatic hydroxyl groups is 1. The molecule has 12 heteroatoms. The van der Waals surface area contributed by atoms with Gasteiger partial charge in [-0.15, -0.1) is 0 Å². The number of ether oxygens (including phenoxy) is 3. The topological polar surface area (TPSA) is 155 Å². The molecule has 0 rings (SSSR count). The van der Waals surface area contributed by atoms with E-state index < -0.39 is 57.8 Å². The Hall–Kier alpha value is -4.64. The highest BCUT2D eigenvalue weighted by molar-refractivity contribution is 7.47. The number of hydrogen-bond acceptors (Lipinski definition) is 10. The van der Waals surface area contributed by atoms with E-state index in [4.69, 9.17) is 23.3 Å². The van der Waals surface area contributed by atoms with Crippen LogP contribution in [0.25, 0.3) is 0 Å². The number of aliphatic hydroxyl groups excluding tert-OH is 1. The highest BCUT2D eigenvalue weighted by atomic mass is 31.2. The van der Waals surface area contributed by atoms with E-state index in [0.717, 1.165) is 154 Å². The quantitative estimate of drug-likeness (QED) is 0.0197. The molecule has 0 aliphatic heterocycles. The molecule has 0 saturated heterocycles. The summed E-state index contributed by atoms with van der Waals surface area (Å²) in [5.41, 5.74) is 0. The first-order valence-electron chi connectivity index (χ1n) is 29.7. The normalized spacial score (nSPS) is 14.4. The first kappa shape index (κ1) is 73.4. The zero-order chi connectivity index (χ0) is 56.9. The van der Waals surface area contributed by atoms with Crippen LogP contribution in [0.15, 0.2) is 146 Å². The van der Waals surface area contributed by atoms with Crippen LogP contribution in [0.4, 0.5) is 0 Å². The maximum Gasteiger partial charge on any atom is 0.472 e. The van der Waals surface area contributed by atoms with E-state index in [2.05, 4.69) is 167 Å². The number of esters is 3. The van der Waals surface area contributed by atoms with Gasteiger partial charge in [0, 0.05) is 19.3 Å². The van der Waals surface area contributed by atoms with Crippen LogP contribution in [0, 0.1) is 0 Å². The fourth-order valence-corrected chi connectivity index (χ4v) is 8.05. The summed E-state index contributed by atoms with van der Waals surface area (Å²) in [5, 5.41) is 9.82. The molecule has 0 aromatic rings. The SMILES string of the molecule is CC/C=C\C/C=C\C/C=C\C/C=C\C/C=C\CCCCCC(=O)OCC(COP(=O)(O)OCC(CO)OC(=O)CCCCCCC/C=C\C/C=C\CCC)OC(=O)CCCCC/C=C\C/C=C\C/C=C\C/C=C\C/C=C\CC. The summed E-state index contributed by atoms with van der Waals surface area (Å²) in [6.45, 7) is 4.24. The van der Waals surface area contributed by atoms with Crippen LogP contribution in [0.3, 0.4) is 0 Å². The minimum atomic E-state index is -4.78. The average Bonchev–Trinajstić information content (AvgIpc) is 3.43. The van der Waals surface area contributed by atoms with Gasteiger partial charge in [0.15, 0.2) is 6.10 Å². The minimum Gasteiger partial charge on any atom is -0.462 e. The summed E-state index contributed by atoms with van der Waals surface area (Å²) in [6.07, 6.45) is 75.2. The van der Waals surface area contributed by atoms with Crippen molar-refractivity contribution in [1.29, 1.82) is 0 Å². The van der Waals surface area contributed by atoms with Crippen molar-refractivity contribution in [3.05, 3.63) is 146 Å². The monoisotopic (exact) mass is 1100 g/mol. The van der Waals surface area contributed by atoms with E-state index in [9.17, 15) is 28.9 Å².